The highest BCUT2D eigenvalue weighted by molar-refractivity contribution is 6.01. The van der Waals surface area contributed by atoms with E-state index in [4.69, 9.17) is 5.11 Å². The Kier molecular flexibility index (Phi) is 5.03. The number of hydrogen-bond acceptors (Lipinski definition) is 3. The van der Waals surface area contributed by atoms with Crippen LogP contribution in [-0.4, -0.2) is 36.2 Å². The van der Waals surface area contributed by atoms with Crippen LogP contribution in [0.2, 0.25) is 0 Å². The van der Waals surface area contributed by atoms with Crippen molar-refractivity contribution in [1.29, 1.82) is 0 Å². The standard InChI is InChI=1S/C11H10F4N2O3/c12-7-3-1-2-6(10(19)20)9(7)17-8(18)4-16-5-11(13,14)15/h1-3,16H,4-5H2,(H,17,18)(H,19,20). The first-order valence-corrected chi connectivity index (χ1v) is 5.30. The Morgan fingerprint density at radius 1 is 1.25 bits per heavy atom. The van der Waals surface area contributed by atoms with Gasteiger partial charge in [-0.05, 0) is 12.1 Å². The van der Waals surface area contributed by atoms with Gasteiger partial charge in [0.05, 0.1) is 24.3 Å². The van der Waals surface area contributed by atoms with Crippen molar-refractivity contribution in [3.05, 3.63) is 29.6 Å². The molecule has 0 aliphatic carbocycles. The van der Waals surface area contributed by atoms with Gasteiger partial charge in [-0.15, -0.1) is 0 Å². The Bertz CT molecular complexity index is 517. The maximum absolute atomic E-state index is 13.4. The highest BCUT2D eigenvalue weighted by Crippen LogP contribution is 2.19. The molecule has 0 aliphatic rings. The molecule has 0 spiro atoms. The molecule has 0 radical (unpaired) electrons. The first-order valence-electron chi connectivity index (χ1n) is 5.30. The molecule has 1 amide bonds. The highest BCUT2D eigenvalue weighted by Gasteiger charge is 2.26. The Hall–Kier alpha value is -2.16. The predicted molar refractivity (Wildman–Crippen MR) is 60.9 cm³/mol. The lowest BCUT2D eigenvalue weighted by molar-refractivity contribution is -0.127. The summed E-state index contributed by atoms with van der Waals surface area (Å²) in [6.07, 6.45) is -4.48. The minimum atomic E-state index is -4.48. The highest BCUT2D eigenvalue weighted by atomic mass is 19.4. The molecule has 0 saturated heterocycles. The molecule has 9 heteroatoms. The molecule has 0 unspecified atom stereocenters. The summed E-state index contributed by atoms with van der Waals surface area (Å²) in [5.74, 6) is -3.45. The summed E-state index contributed by atoms with van der Waals surface area (Å²) in [5, 5.41) is 12.5. The molecule has 1 aromatic carbocycles. The lowest BCUT2D eigenvalue weighted by atomic mass is 10.1. The molecule has 0 aliphatic heterocycles. The van der Waals surface area contributed by atoms with Crippen molar-refractivity contribution in [2.24, 2.45) is 0 Å². The average Bonchev–Trinajstić information content (AvgIpc) is 2.29. The quantitative estimate of drug-likeness (QED) is 0.721. The lowest BCUT2D eigenvalue weighted by Crippen LogP contribution is -2.35. The van der Waals surface area contributed by atoms with Crippen LogP contribution >= 0.6 is 0 Å². The number of carboxylic acids is 1. The van der Waals surface area contributed by atoms with E-state index >= 15 is 0 Å². The average molecular weight is 294 g/mol. The molecule has 20 heavy (non-hydrogen) atoms. The number of carbonyl (C=O) groups excluding carboxylic acids is 1. The predicted octanol–water partition coefficient (Wildman–Crippen LogP) is 1.61. The number of anilines is 1. The summed E-state index contributed by atoms with van der Waals surface area (Å²) in [7, 11) is 0. The van der Waals surface area contributed by atoms with E-state index in [2.05, 4.69) is 0 Å². The van der Waals surface area contributed by atoms with E-state index in [9.17, 15) is 27.2 Å². The van der Waals surface area contributed by atoms with Gasteiger partial charge < -0.3 is 15.7 Å². The monoisotopic (exact) mass is 294 g/mol. The number of hydrogen-bond donors (Lipinski definition) is 3. The molecule has 1 rings (SSSR count). The molecule has 1 aromatic rings. The first-order chi connectivity index (χ1) is 9.20. The smallest absolute Gasteiger partial charge is 0.401 e. The van der Waals surface area contributed by atoms with Gasteiger partial charge in [0, 0.05) is 0 Å². The van der Waals surface area contributed by atoms with Crippen molar-refractivity contribution < 1.29 is 32.3 Å². The van der Waals surface area contributed by atoms with Crippen molar-refractivity contribution in [3.8, 4) is 0 Å². The van der Waals surface area contributed by atoms with Gasteiger partial charge in [0.15, 0.2) is 0 Å². The van der Waals surface area contributed by atoms with Crippen molar-refractivity contribution in [2.45, 2.75) is 6.18 Å². The number of halogens is 4. The fourth-order valence-corrected chi connectivity index (χ4v) is 1.33. The maximum atomic E-state index is 13.4. The van der Waals surface area contributed by atoms with Crippen LogP contribution in [0, 0.1) is 5.82 Å². The van der Waals surface area contributed by atoms with Gasteiger partial charge in [-0.25, -0.2) is 9.18 Å². The van der Waals surface area contributed by atoms with Crippen LogP contribution in [0.4, 0.5) is 23.2 Å². The van der Waals surface area contributed by atoms with Crippen molar-refractivity contribution >= 4 is 17.6 Å². The number of carbonyl (C=O) groups is 2. The molecule has 3 N–H and O–H groups in total. The summed E-state index contributed by atoms with van der Waals surface area (Å²) in [6.45, 7) is -2.11. The zero-order valence-corrected chi connectivity index (χ0v) is 9.92. The summed E-state index contributed by atoms with van der Waals surface area (Å²) in [5.41, 5.74) is -1.08. The topological polar surface area (TPSA) is 78.4 Å². The molecule has 0 heterocycles. The number of benzene rings is 1. The van der Waals surface area contributed by atoms with Gasteiger partial charge in [0.1, 0.15) is 5.82 Å². The molecule has 5 nitrogen and oxygen atoms in total. The van der Waals surface area contributed by atoms with Crippen LogP contribution < -0.4 is 10.6 Å². The van der Waals surface area contributed by atoms with Crippen molar-refractivity contribution in [1.82, 2.24) is 5.32 Å². The number of para-hydroxylation sites is 1. The van der Waals surface area contributed by atoms with E-state index in [1.807, 2.05) is 5.32 Å². The normalized spacial score (nSPS) is 11.2. The molecule has 110 valence electrons. The van der Waals surface area contributed by atoms with Gasteiger partial charge in [0.25, 0.3) is 0 Å². The van der Waals surface area contributed by atoms with E-state index in [0.29, 0.717) is 0 Å². The minimum Gasteiger partial charge on any atom is -0.478 e. The van der Waals surface area contributed by atoms with Gasteiger partial charge in [0.2, 0.25) is 5.91 Å². The number of carboxylic acid groups (broad SMARTS) is 1. The summed E-state index contributed by atoms with van der Waals surface area (Å²) < 4.78 is 48.9. The van der Waals surface area contributed by atoms with Crippen LogP contribution in [0.15, 0.2) is 18.2 Å². The van der Waals surface area contributed by atoms with Crippen LogP contribution in [-0.2, 0) is 4.79 Å². The van der Waals surface area contributed by atoms with Crippen molar-refractivity contribution in [2.75, 3.05) is 18.4 Å². The molecule has 0 saturated carbocycles. The third-order valence-corrected chi connectivity index (χ3v) is 2.12. The number of alkyl halides is 3. The second kappa shape index (κ2) is 6.33. The van der Waals surface area contributed by atoms with Gasteiger partial charge in [-0.3, -0.25) is 4.79 Å². The molecule has 0 bridgehead atoms. The third kappa shape index (κ3) is 4.84. The van der Waals surface area contributed by atoms with Gasteiger partial charge in [-0.1, -0.05) is 6.07 Å². The van der Waals surface area contributed by atoms with E-state index < -0.39 is 48.2 Å². The van der Waals surface area contributed by atoms with Crippen LogP contribution in [0.3, 0.4) is 0 Å². The van der Waals surface area contributed by atoms with E-state index in [1.54, 1.807) is 5.32 Å². The number of rotatable bonds is 5. The lowest BCUT2D eigenvalue weighted by Gasteiger charge is -2.11. The molecular formula is C11H10F4N2O3. The minimum absolute atomic E-state index is 0.492. The Morgan fingerprint density at radius 3 is 2.45 bits per heavy atom. The van der Waals surface area contributed by atoms with Crippen LogP contribution in [0.5, 0.6) is 0 Å². The zero-order valence-electron chi connectivity index (χ0n) is 9.92. The van der Waals surface area contributed by atoms with Crippen LogP contribution in [0.1, 0.15) is 10.4 Å². The number of aromatic carboxylic acids is 1. The van der Waals surface area contributed by atoms with E-state index in [0.717, 1.165) is 18.2 Å². The number of amides is 1. The van der Waals surface area contributed by atoms with E-state index in [-0.39, 0.29) is 0 Å². The second-order valence-corrected chi connectivity index (χ2v) is 3.73. The fraction of sp³-hybridized carbons (Fsp3) is 0.273. The summed E-state index contributed by atoms with van der Waals surface area (Å²) in [4.78, 5) is 22.1. The van der Waals surface area contributed by atoms with Gasteiger partial charge in [-0.2, -0.15) is 13.2 Å². The van der Waals surface area contributed by atoms with Crippen LogP contribution in [0.25, 0.3) is 0 Å². The number of nitrogens with one attached hydrogen (secondary N) is 2. The first kappa shape index (κ1) is 15.9. The fourth-order valence-electron chi connectivity index (χ4n) is 1.33. The Labute approximate surface area is 110 Å². The summed E-state index contributed by atoms with van der Waals surface area (Å²) >= 11 is 0. The largest absolute Gasteiger partial charge is 0.478 e. The maximum Gasteiger partial charge on any atom is 0.401 e. The van der Waals surface area contributed by atoms with E-state index in [1.165, 1.54) is 0 Å². The summed E-state index contributed by atoms with van der Waals surface area (Å²) in [6, 6.07) is 3.12. The molecule has 0 atom stereocenters. The third-order valence-electron chi connectivity index (χ3n) is 2.12. The Morgan fingerprint density at radius 2 is 1.90 bits per heavy atom. The second-order valence-electron chi connectivity index (χ2n) is 3.73. The SMILES string of the molecule is O=C(CNCC(F)(F)F)Nc1c(F)cccc1C(=O)O. The van der Waals surface area contributed by atoms with Crippen molar-refractivity contribution in [3.63, 3.8) is 0 Å². The Balaban J connectivity index is 2.69. The zero-order chi connectivity index (χ0) is 15.3. The van der Waals surface area contributed by atoms with Gasteiger partial charge >= 0.3 is 12.1 Å². The molecule has 0 aromatic heterocycles. The molecular weight excluding hydrogens is 284 g/mol. The molecule has 0 fully saturated rings.